The number of nitrogens with one attached hydrogen (secondary N) is 2. The fourth-order valence-corrected chi connectivity index (χ4v) is 3.60. The molecule has 3 rings (SSSR count). The average molecular weight is 446 g/mol. The van der Waals surface area contributed by atoms with Crippen molar-refractivity contribution in [1.29, 1.82) is 0 Å². The number of anilines is 3. The maximum Gasteiger partial charge on any atom is 0.418 e. The fraction of sp³-hybridized carbons (Fsp3) is 0.417. The van der Waals surface area contributed by atoms with Crippen LogP contribution in [0.5, 0.6) is 0 Å². The lowest BCUT2D eigenvalue weighted by Gasteiger charge is -2.24. The Morgan fingerprint density at radius 1 is 1.00 bits per heavy atom. The number of hydrogen-bond acceptors (Lipinski definition) is 4. The number of aromatic nitrogens is 3. The normalized spacial score (nSPS) is 11.5. The molecule has 0 aliphatic heterocycles. The predicted molar refractivity (Wildman–Crippen MR) is 123 cm³/mol. The van der Waals surface area contributed by atoms with Gasteiger partial charge in [0.2, 0.25) is 5.95 Å². The third-order valence-corrected chi connectivity index (χ3v) is 5.34. The van der Waals surface area contributed by atoms with Crippen molar-refractivity contribution >= 4 is 17.3 Å². The quantitative estimate of drug-likeness (QED) is 0.311. The lowest BCUT2D eigenvalue weighted by Crippen LogP contribution is -2.22. The Kier molecular flexibility index (Phi) is 8.14. The summed E-state index contributed by atoms with van der Waals surface area (Å²) in [4.78, 5) is 13.2. The summed E-state index contributed by atoms with van der Waals surface area (Å²) in [6, 6.07) is 9.79. The van der Waals surface area contributed by atoms with Gasteiger partial charge in [-0.05, 0) is 36.8 Å². The molecule has 3 aromatic rings. The van der Waals surface area contributed by atoms with Gasteiger partial charge in [0.05, 0.1) is 23.1 Å². The number of pyridine rings is 1. The summed E-state index contributed by atoms with van der Waals surface area (Å²) in [7, 11) is 1.72. The van der Waals surface area contributed by atoms with Crippen LogP contribution in [0.4, 0.5) is 30.5 Å². The van der Waals surface area contributed by atoms with Crippen molar-refractivity contribution in [1.82, 2.24) is 15.0 Å². The van der Waals surface area contributed by atoms with E-state index in [0.717, 1.165) is 25.3 Å². The van der Waals surface area contributed by atoms with Crippen LogP contribution in [0.25, 0.3) is 11.4 Å². The summed E-state index contributed by atoms with van der Waals surface area (Å²) in [5, 5.41) is 2.93. The molecule has 0 fully saturated rings. The van der Waals surface area contributed by atoms with Crippen molar-refractivity contribution in [2.45, 2.75) is 51.6 Å². The van der Waals surface area contributed by atoms with Gasteiger partial charge in [-0.25, -0.2) is 4.98 Å². The molecule has 0 unspecified atom stereocenters. The molecule has 32 heavy (non-hydrogen) atoms. The first-order valence-corrected chi connectivity index (χ1v) is 11.0. The van der Waals surface area contributed by atoms with Gasteiger partial charge < -0.3 is 15.2 Å². The zero-order valence-corrected chi connectivity index (χ0v) is 18.5. The maximum absolute atomic E-state index is 13.8. The van der Waals surface area contributed by atoms with E-state index in [0.29, 0.717) is 29.6 Å². The SMILES string of the molecule is CCCCCCCCN(C)c1ccc(Nc2ncc(-c3ccccn3)[nH]2)cc1C(F)(F)F. The molecule has 2 N–H and O–H groups in total. The Labute approximate surface area is 187 Å². The van der Waals surface area contributed by atoms with E-state index < -0.39 is 11.7 Å². The molecule has 0 bridgehead atoms. The second kappa shape index (κ2) is 11.0. The molecule has 0 saturated heterocycles. The van der Waals surface area contributed by atoms with E-state index >= 15 is 0 Å². The molecule has 0 atom stereocenters. The molecule has 1 aromatic carbocycles. The summed E-state index contributed by atoms with van der Waals surface area (Å²) in [5.41, 5.74) is 1.23. The first kappa shape index (κ1) is 23.6. The topological polar surface area (TPSA) is 56.8 Å². The molecule has 8 heteroatoms. The number of aromatic amines is 1. The van der Waals surface area contributed by atoms with Crippen LogP contribution in [-0.4, -0.2) is 28.5 Å². The average Bonchev–Trinajstić information content (AvgIpc) is 3.24. The van der Waals surface area contributed by atoms with Gasteiger partial charge in [-0.1, -0.05) is 45.1 Å². The molecule has 0 radical (unpaired) electrons. The van der Waals surface area contributed by atoms with Crippen molar-refractivity contribution in [3.05, 3.63) is 54.4 Å². The number of unbranched alkanes of at least 4 members (excludes halogenated alkanes) is 5. The van der Waals surface area contributed by atoms with Gasteiger partial charge in [-0.2, -0.15) is 13.2 Å². The van der Waals surface area contributed by atoms with Gasteiger partial charge in [-0.3, -0.25) is 4.98 Å². The number of halogens is 3. The highest BCUT2D eigenvalue weighted by Gasteiger charge is 2.34. The molecule has 2 heterocycles. The minimum Gasteiger partial charge on any atom is -0.374 e. The van der Waals surface area contributed by atoms with E-state index in [4.69, 9.17) is 0 Å². The highest BCUT2D eigenvalue weighted by molar-refractivity contribution is 5.66. The Bertz CT molecular complexity index is 969. The maximum atomic E-state index is 13.8. The Balaban J connectivity index is 1.69. The van der Waals surface area contributed by atoms with Gasteiger partial charge >= 0.3 is 6.18 Å². The summed E-state index contributed by atoms with van der Waals surface area (Å²) in [5.74, 6) is 0.354. The number of alkyl halides is 3. The first-order valence-electron chi connectivity index (χ1n) is 11.0. The Hall–Kier alpha value is -3.03. The molecular weight excluding hydrogens is 415 g/mol. The van der Waals surface area contributed by atoms with Crippen LogP contribution >= 0.6 is 0 Å². The predicted octanol–water partition coefficient (Wildman–Crippen LogP) is 7.03. The van der Waals surface area contributed by atoms with Gasteiger partial charge in [0.25, 0.3) is 0 Å². The fourth-order valence-electron chi connectivity index (χ4n) is 3.60. The number of hydrogen-bond donors (Lipinski definition) is 2. The van der Waals surface area contributed by atoms with E-state index in [1.54, 1.807) is 30.4 Å². The van der Waals surface area contributed by atoms with Crippen LogP contribution in [0.3, 0.4) is 0 Å². The van der Waals surface area contributed by atoms with Crippen LogP contribution in [0.2, 0.25) is 0 Å². The summed E-state index contributed by atoms with van der Waals surface area (Å²) in [6.45, 7) is 2.75. The van der Waals surface area contributed by atoms with Crippen molar-refractivity contribution in [3.63, 3.8) is 0 Å². The van der Waals surface area contributed by atoms with E-state index in [9.17, 15) is 13.2 Å². The van der Waals surface area contributed by atoms with Gasteiger partial charge in [0.15, 0.2) is 0 Å². The molecular formula is C24H30F3N5. The van der Waals surface area contributed by atoms with E-state index in [2.05, 4.69) is 27.2 Å². The molecule has 0 aliphatic rings. The smallest absolute Gasteiger partial charge is 0.374 e. The molecule has 0 spiro atoms. The molecule has 0 amide bonds. The molecule has 172 valence electrons. The van der Waals surface area contributed by atoms with Crippen LogP contribution in [0.1, 0.15) is 51.0 Å². The van der Waals surface area contributed by atoms with Crippen LogP contribution in [0, 0.1) is 0 Å². The number of nitrogens with zero attached hydrogens (tertiary/aromatic N) is 3. The van der Waals surface area contributed by atoms with E-state index in [-0.39, 0.29) is 5.69 Å². The van der Waals surface area contributed by atoms with Gasteiger partial charge in [0.1, 0.15) is 0 Å². The van der Waals surface area contributed by atoms with E-state index in [1.807, 2.05) is 18.2 Å². The number of rotatable bonds is 11. The van der Waals surface area contributed by atoms with Crippen molar-refractivity contribution < 1.29 is 13.2 Å². The highest BCUT2D eigenvalue weighted by atomic mass is 19.4. The third-order valence-electron chi connectivity index (χ3n) is 5.34. The largest absolute Gasteiger partial charge is 0.418 e. The summed E-state index contributed by atoms with van der Waals surface area (Å²) in [6.07, 6.45) is 5.41. The van der Waals surface area contributed by atoms with Crippen LogP contribution in [0.15, 0.2) is 48.8 Å². The van der Waals surface area contributed by atoms with Crippen LogP contribution < -0.4 is 10.2 Å². The Morgan fingerprint density at radius 2 is 1.78 bits per heavy atom. The summed E-state index contributed by atoms with van der Waals surface area (Å²) < 4.78 is 41.4. The van der Waals surface area contributed by atoms with Crippen LogP contribution in [-0.2, 0) is 6.18 Å². The first-order chi connectivity index (χ1) is 15.4. The number of H-pyrrole nitrogens is 1. The highest BCUT2D eigenvalue weighted by Crippen LogP contribution is 2.38. The molecule has 0 aliphatic carbocycles. The zero-order valence-electron chi connectivity index (χ0n) is 18.5. The zero-order chi connectivity index (χ0) is 23.0. The molecule has 2 aromatic heterocycles. The molecule has 5 nitrogen and oxygen atoms in total. The van der Waals surface area contributed by atoms with Crippen molar-refractivity contribution in [2.75, 3.05) is 23.8 Å². The standard InChI is InChI=1S/C24H30F3N5/c1-3-4-5-6-7-10-15-32(2)22-13-12-18(16-19(22)24(25,26)27)30-23-29-17-21(31-23)20-11-8-9-14-28-20/h8-9,11-14,16-17H,3-7,10,15H2,1-2H3,(H2,29,30,31). The lowest BCUT2D eigenvalue weighted by atomic mass is 10.1. The second-order valence-electron chi connectivity index (χ2n) is 7.90. The second-order valence-corrected chi connectivity index (χ2v) is 7.90. The van der Waals surface area contributed by atoms with Gasteiger partial charge in [-0.15, -0.1) is 0 Å². The number of imidazole rings is 1. The minimum absolute atomic E-state index is 0.185. The van der Waals surface area contributed by atoms with Gasteiger partial charge in [0, 0.05) is 31.2 Å². The minimum atomic E-state index is -4.45. The monoisotopic (exact) mass is 445 g/mol. The van der Waals surface area contributed by atoms with E-state index in [1.165, 1.54) is 25.3 Å². The van der Waals surface area contributed by atoms with Crippen molar-refractivity contribution in [2.24, 2.45) is 0 Å². The van der Waals surface area contributed by atoms with Crippen molar-refractivity contribution in [3.8, 4) is 11.4 Å². The molecule has 0 saturated carbocycles. The summed E-state index contributed by atoms with van der Waals surface area (Å²) >= 11 is 0. The third kappa shape index (κ3) is 6.48. The Morgan fingerprint density at radius 3 is 2.50 bits per heavy atom. The lowest BCUT2D eigenvalue weighted by molar-refractivity contribution is -0.137. The number of benzene rings is 1.